The van der Waals surface area contributed by atoms with Crippen LogP contribution in [0.1, 0.15) is 55.7 Å². The SMILES string of the molecule is CCC(C)(C)c1ccc(C(O)c2coc(C)c2)cc1. The van der Waals surface area contributed by atoms with Crippen molar-refractivity contribution in [1.29, 1.82) is 0 Å². The second-order valence-corrected chi connectivity index (χ2v) is 5.75. The van der Waals surface area contributed by atoms with Gasteiger partial charge in [0.15, 0.2) is 0 Å². The van der Waals surface area contributed by atoms with Gasteiger partial charge in [-0.15, -0.1) is 0 Å². The standard InChI is InChI=1S/C17H22O2/c1-5-17(3,4)15-8-6-13(7-9-15)16(18)14-10-12(2)19-11-14/h6-11,16,18H,5H2,1-4H3. The summed E-state index contributed by atoms with van der Waals surface area (Å²) in [6.07, 6.45) is 2.09. The zero-order chi connectivity index (χ0) is 14.0. The summed E-state index contributed by atoms with van der Waals surface area (Å²) in [5.41, 5.74) is 3.18. The van der Waals surface area contributed by atoms with Gasteiger partial charge in [0.05, 0.1) is 6.26 Å². The lowest BCUT2D eigenvalue weighted by Crippen LogP contribution is -2.15. The van der Waals surface area contributed by atoms with Crippen LogP contribution in [0.2, 0.25) is 0 Å². The number of furan rings is 1. The Hall–Kier alpha value is -1.54. The highest BCUT2D eigenvalue weighted by molar-refractivity contribution is 5.33. The Morgan fingerprint density at radius 1 is 1.16 bits per heavy atom. The summed E-state index contributed by atoms with van der Waals surface area (Å²) in [5.74, 6) is 0.817. The van der Waals surface area contributed by atoms with Crippen LogP contribution in [0.4, 0.5) is 0 Å². The Kier molecular flexibility index (Phi) is 3.81. The van der Waals surface area contributed by atoms with Crippen LogP contribution in [-0.2, 0) is 5.41 Å². The Bertz CT molecular complexity index is 535. The number of aliphatic hydroxyl groups excluding tert-OH is 1. The van der Waals surface area contributed by atoms with Gasteiger partial charge in [-0.3, -0.25) is 0 Å². The molecule has 19 heavy (non-hydrogen) atoms. The molecule has 0 spiro atoms. The van der Waals surface area contributed by atoms with Gasteiger partial charge in [0, 0.05) is 5.56 Å². The maximum atomic E-state index is 10.3. The fourth-order valence-corrected chi connectivity index (χ4v) is 2.12. The third kappa shape index (κ3) is 2.90. The fraction of sp³-hybridized carbons (Fsp3) is 0.412. The van der Waals surface area contributed by atoms with Gasteiger partial charge in [-0.05, 0) is 36.0 Å². The Labute approximate surface area is 115 Å². The molecular weight excluding hydrogens is 236 g/mol. The summed E-state index contributed by atoms with van der Waals surface area (Å²) in [5, 5.41) is 10.3. The third-order valence-electron chi connectivity index (χ3n) is 3.96. The predicted molar refractivity (Wildman–Crippen MR) is 77.3 cm³/mol. The van der Waals surface area contributed by atoms with Crippen molar-refractivity contribution < 1.29 is 9.52 Å². The first-order chi connectivity index (χ1) is 8.94. The number of aryl methyl sites for hydroxylation is 1. The molecule has 0 radical (unpaired) electrons. The van der Waals surface area contributed by atoms with E-state index in [4.69, 9.17) is 4.42 Å². The number of benzene rings is 1. The number of rotatable bonds is 4. The molecule has 1 aromatic carbocycles. The van der Waals surface area contributed by atoms with Crippen molar-refractivity contribution in [3.8, 4) is 0 Å². The normalized spacial score (nSPS) is 13.5. The first kappa shape index (κ1) is 13.9. The zero-order valence-corrected chi connectivity index (χ0v) is 12.1. The second-order valence-electron chi connectivity index (χ2n) is 5.75. The van der Waals surface area contributed by atoms with Crippen molar-refractivity contribution in [2.45, 2.75) is 45.6 Å². The molecular formula is C17H22O2. The van der Waals surface area contributed by atoms with Gasteiger partial charge in [-0.1, -0.05) is 45.0 Å². The molecule has 0 aliphatic rings. The minimum absolute atomic E-state index is 0.176. The minimum atomic E-state index is -0.615. The molecule has 1 atom stereocenters. The van der Waals surface area contributed by atoms with Crippen LogP contribution in [0, 0.1) is 6.92 Å². The Morgan fingerprint density at radius 2 is 1.79 bits per heavy atom. The molecule has 0 saturated heterocycles. The zero-order valence-electron chi connectivity index (χ0n) is 12.1. The van der Waals surface area contributed by atoms with Gasteiger partial charge in [0.25, 0.3) is 0 Å². The van der Waals surface area contributed by atoms with Crippen molar-refractivity contribution in [3.05, 3.63) is 59.0 Å². The molecule has 0 saturated carbocycles. The van der Waals surface area contributed by atoms with E-state index in [0.29, 0.717) is 0 Å². The third-order valence-corrected chi connectivity index (χ3v) is 3.96. The maximum absolute atomic E-state index is 10.3. The Balaban J connectivity index is 2.23. The lowest BCUT2D eigenvalue weighted by atomic mass is 9.82. The van der Waals surface area contributed by atoms with E-state index in [9.17, 15) is 5.11 Å². The predicted octanol–water partition coefficient (Wildman–Crippen LogP) is 4.36. The van der Waals surface area contributed by atoms with Crippen LogP contribution < -0.4 is 0 Å². The van der Waals surface area contributed by atoms with Crippen LogP contribution in [0.3, 0.4) is 0 Å². The summed E-state index contributed by atoms with van der Waals surface area (Å²) in [7, 11) is 0. The highest BCUT2D eigenvalue weighted by Crippen LogP contribution is 2.29. The molecule has 1 unspecified atom stereocenters. The van der Waals surface area contributed by atoms with Gasteiger partial charge >= 0.3 is 0 Å². The van der Waals surface area contributed by atoms with Gasteiger partial charge in [-0.25, -0.2) is 0 Å². The molecule has 2 aromatic rings. The average molecular weight is 258 g/mol. The molecule has 1 N–H and O–H groups in total. The molecule has 1 heterocycles. The van der Waals surface area contributed by atoms with Gasteiger partial charge in [0.1, 0.15) is 11.9 Å². The van der Waals surface area contributed by atoms with E-state index in [2.05, 4.69) is 32.9 Å². The van der Waals surface area contributed by atoms with Crippen LogP contribution in [0.25, 0.3) is 0 Å². The molecule has 1 aromatic heterocycles. The van der Waals surface area contributed by atoms with Crippen molar-refractivity contribution in [2.24, 2.45) is 0 Å². The molecule has 0 fully saturated rings. The average Bonchev–Trinajstić information content (AvgIpc) is 2.85. The number of hydrogen-bond acceptors (Lipinski definition) is 2. The van der Waals surface area contributed by atoms with Crippen LogP contribution in [-0.4, -0.2) is 5.11 Å². The van der Waals surface area contributed by atoms with E-state index < -0.39 is 6.10 Å². The molecule has 102 valence electrons. The number of aliphatic hydroxyl groups is 1. The van der Waals surface area contributed by atoms with Crippen molar-refractivity contribution in [1.82, 2.24) is 0 Å². The highest BCUT2D eigenvalue weighted by atomic mass is 16.3. The molecule has 0 bridgehead atoms. The molecule has 2 nitrogen and oxygen atoms in total. The van der Waals surface area contributed by atoms with Crippen LogP contribution >= 0.6 is 0 Å². The van der Waals surface area contributed by atoms with E-state index in [0.717, 1.165) is 23.3 Å². The summed E-state index contributed by atoms with van der Waals surface area (Å²) in [4.78, 5) is 0. The first-order valence-corrected chi connectivity index (χ1v) is 6.77. The first-order valence-electron chi connectivity index (χ1n) is 6.77. The summed E-state index contributed by atoms with van der Waals surface area (Å²) in [6, 6.07) is 10.1. The lowest BCUT2D eigenvalue weighted by Gasteiger charge is -2.23. The van der Waals surface area contributed by atoms with Gasteiger partial charge in [0.2, 0.25) is 0 Å². The van der Waals surface area contributed by atoms with Crippen molar-refractivity contribution in [3.63, 3.8) is 0 Å². The van der Waals surface area contributed by atoms with Gasteiger partial charge in [-0.2, -0.15) is 0 Å². The largest absolute Gasteiger partial charge is 0.469 e. The summed E-state index contributed by atoms with van der Waals surface area (Å²) < 4.78 is 5.24. The monoisotopic (exact) mass is 258 g/mol. The minimum Gasteiger partial charge on any atom is -0.469 e. The molecule has 0 aliphatic heterocycles. The smallest absolute Gasteiger partial charge is 0.107 e. The molecule has 0 amide bonds. The number of hydrogen-bond donors (Lipinski definition) is 1. The highest BCUT2D eigenvalue weighted by Gasteiger charge is 2.19. The van der Waals surface area contributed by atoms with Crippen LogP contribution in [0.15, 0.2) is 41.0 Å². The van der Waals surface area contributed by atoms with Gasteiger partial charge < -0.3 is 9.52 Å². The van der Waals surface area contributed by atoms with E-state index >= 15 is 0 Å². The topological polar surface area (TPSA) is 33.4 Å². The van der Waals surface area contributed by atoms with Crippen molar-refractivity contribution in [2.75, 3.05) is 0 Å². The molecule has 2 heteroatoms. The van der Waals surface area contributed by atoms with E-state index in [-0.39, 0.29) is 5.41 Å². The fourth-order valence-electron chi connectivity index (χ4n) is 2.12. The maximum Gasteiger partial charge on any atom is 0.107 e. The Morgan fingerprint density at radius 3 is 2.26 bits per heavy atom. The quantitative estimate of drug-likeness (QED) is 0.884. The van der Waals surface area contributed by atoms with E-state index in [1.807, 2.05) is 25.1 Å². The van der Waals surface area contributed by atoms with E-state index in [1.165, 1.54) is 5.56 Å². The lowest BCUT2D eigenvalue weighted by molar-refractivity contribution is 0.219. The van der Waals surface area contributed by atoms with Crippen molar-refractivity contribution >= 4 is 0 Å². The van der Waals surface area contributed by atoms with E-state index in [1.54, 1.807) is 6.26 Å². The molecule has 2 rings (SSSR count). The summed E-state index contributed by atoms with van der Waals surface area (Å²) in [6.45, 7) is 8.54. The van der Waals surface area contributed by atoms with Crippen LogP contribution in [0.5, 0.6) is 0 Å². The molecule has 0 aliphatic carbocycles. The second kappa shape index (κ2) is 5.22. The summed E-state index contributed by atoms with van der Waals surface area (Å²) >= 11 is 0.